The van der Waals surface area contributed by atoms with Crippen LogP contribution in [0, 0.1) is 11.3 Å². The zero-order chi connectivity index (χ0) is 31.1. The van der Waals surface area contributed by atoms with Crippen LogP contribution >= 0.6 is 0 Å². The molecule has 1 saturated heterocycles. The third-order valence-electron chi connectivity index (χ3n) is 8.60. The van der Waals surface area contributed by atoms with Crippen molar-refractivity contribution in [3.05, 3.63) is 47.5 Å². The summed E-state index contributed by atoms with van der Waals surface area (Å²) in [7, 11) is 5.13. The Kier molecular flexibility index (Phi) is 12.2. The van der Waals surface area contributed by atoms with Gasteiger partial charge in [0, 0.05) is 37.2 Å². The summed E-state index contributed by atoms with van der Waals surface area (Å²) in [5.41, 5.74) is 1.24. The molecular weight excluding hydrogens is 516 g/mol. The third-order valence-corrected chi connectivity index (χ3v) is 8.60. The van der Waals surface area contributed by atoms with Gasteiger partial charge in [-0.25, -0.2) is 4.79 Å². The van der Waals surface area contributed by atoms with Crippen molar-refractivity contribution in [1.29, 1.82) is 0 Å². The molecule has 8 heteroatoms. The number of carbonyl (C=O) groups excluding carboxylic acids is 3. The van der Waals surface area contributed by atoms with Crippen molar-refractivity contribution in [1.82, 2.24) is 20.4 Å². The summed E-state index contributed by atoms with van der Waals surface area (Å²) in [6, 6.07) is 9.21. The molecule has 1 aliphatic heterocycles. The lowest BCUT2D eigenvalue weighted by Crippen LogP contribution is -2.59. The second-order valence-electron chi connectivity index (χ2n) is 13.3. The predicted octanol–water partition coefficient (Wildman–Crippen LogP) is 4.15. The molecule has 2 amide bonds. The number of amides is 2. The molecule has 0 bridgehead atoms. The first-order chi connectivity index (χ1) is 19.1. The van der Waals surface area contributed by atoms with Crippen LogP contribution in [0.3, 0.4) is 0 Å². The van der Waals surface area contributed by atoms with Crippen molar-refractivity contribution < 1.29 is 19.1 Å². The molecule has 1 heterocycles. The van der Waals surface area contributed by atoms with Crippen molar-refractivity contribution in [3.8, 4) is 0 Å². The molecule has 0 saturated carbocycles. The molecule has 4 atom stereocenters. The fourth-order valence-corrected chi connectivity index (χ4v) is 5.83. The Morgan fingerprint density at radius 3 is 2.24 bits per heavy atom. The Morgan fingerprint density at radius 1 is 1.12 bits per heavy atom. The van der Waals surface area contributed by atoms with Crippen molar-refractivity contribution >= 4 is 17.8 Å². The van der Waals surface area contributed by atoms with Gasteiger partial charge in [0.1, 0.15) is 6.04 Å². The molecule has 41 heavy (non-hydrogen) atoms. The second-order valence-corrected chi connectivity index (χ2v) is 13.3. The maximum atomic E-state index is 14.1. The third kappa shape index (κ3) is 8.41. The minimum absolute atomic E-state index is 0.0197. The largest absolute Gasteiger partial charge is 0.467 e. The van der Waals surface area contributed by atoms with Gasteiger partial charge in [-0.1, -0.05) is 84.9 Å². The number of nitrogens with one attached hydrogen (secondary N) is 2. The van der Waals surface area contributed by atoms with Crippen molar-refractivity contribution in [2.45, 2.75) is 97.8 Å². The summed E-state index contributed by atoms with van der Waals surface area (Å²) in [5.74, 6) is -0.515. The molecule has 2 N–H and O–H groups in total. The summed E-state index contributed by atoms with van der Waals surface area (Å²) < 4.78 is 4.92. The Labute approximate surface area is 248 Å². The molecule has 1 aromatic rings. The minimum Gasteiger partial charge on any atom is -0.467 e. The van der Waals surface area contributed by atoms with E-state index in [1.807, 2.05) is 26.2 Å². The lowest BCUT2D eigenvalue weighted by atomic mass is 9.77. The number of hydrogen-bond acceptors (Lipinski definition) is 6. The predicted molar refractivity (Wildman–Crippen MR) is 165 cm³/mol. The first-order valence-corrected chi connectivity index (χ1v) is 14.9. The molecule has 0 aliphatic carbocycles. The molecule has 1 aromatic carbocycles. The maximum absolute atomic E-state index is 14.1. The zero-order valence-corrected chi connectivity index (χ0v) is 27.2. The fraction of sp³-hybridized carbons (Fsp3) is 0.667. The quantitative estimate of drug-likeness (QED) is 0.290. The lowest BCUT2D eigenvalue weighted by molar-refractivity contribution is -0.149. The summed E-state index contributed by atoms with van der Waals surface area (Å²) in [4.78, 5) is 43.1. The molecule has 2 rings (SSSR count). The highest BCUT2D eigenvalue weighted by Gasteiger charge is 2.39. The first kappa shape index (κ1) is 34.5. The number of hydrogen-bond donors (Lipinski definition) is 2. The van der Waals surface area contributed by atoms with Crippen LogP contribution in [0.1, 0.15) is 73.8 Å². The number of ether oxygens (including phenoxy) is 1. The monoisotopic (exact) mass is 570 g/mol. The van der Waals surface area contributed by atoms with Crippen LogP contribution in [0.4, 0.5) is 0 Å². The molecule has 230 valence electrons. The van der Waals surface area contributed by atoms with E-state index < -0.39 is 12.1 Å². The molecule has 1 fully saturated rings. The Morgan fingerprint density at radius 2 is 1.73 bits per heavy atom. The summed E-state index contributed by atoms with van der Waals surface area (Å²) in [5, 5.41) is 7.07. The van der Waals surface area contributed by atoms with Crippen molar-refractivity contribution in [3.63, 3.8) is 0 Å². The number of esters is 1. The smallest absolute Gasteiger partial charge is 0.328 e. The molecule has 2 unspecified atom stereocenters. The highest BCUT2D eigenvalue weighted by molar-refractivity contribution is 5.96. The van der Waals surface area contributed by atoms with Gasteiger partial charge in [0.15, 0.2) is 0 Å². The standard InChI is InChI=1S/C33H54N4O4/c1-22(2)26(20-23(3)29(38)37-19-15-18-25(37)31(40)41-11)36(10)30(39)28(32(4,5)6)35-21-27(34-9)33(7,8)24-16-13-12-14-17-24/h12-14,16-17,20,22,25-28,34-35H,15,18-19,21H2,1-11H3/b23-20+/t25-,26?,27+,28?/m0/s1. The van der Waals surface area contributed by atoms with Crippen LogP contribution in [-0.2, 0) is 24.5 Å². The average molecular weight is 571 g/mol. The summed E-state index contributed by atoms with van der Waals surface area (Å²) >= 11 is 0. The second kappa shape index (κ2) is 14.5. The number of nitrogens with zero attached hydrogens (tertiary/aromatic N) is 2. The van der Waals surface area contributed by atoms with Gasteiger partial charge >= 0.3 is 5.97 Å². The SMILES string of the molecule is CN[C@H](CNC(C(=O)N(C)C(/C=C(\C)C(=O)N1CCC[C@H]1C(=O)OC)C(C)C)C(C)(C)C)C(C)(C)c1ccccc1. The first-order valence-electron chi connectivity index (χ1n) is 14.9. The van der Waals surface area contributed by atoms with E-state index in [4.69, 9.17) is 4.74 Å². The Hall–Kier alpha value is -2.71. The topological polar surface area (TPSA) is 91.0 Å². The van der Waals surface area contributed by atoms with E-state index >= 15 is 0 Å². The van der Waals surface area contributed by atoms with E-state index in [2.05, 4.69) is 83.4 Å². The number of benzene rings is 1. The van der Waals surface area contributed by atoms with Crippen LogP contribution in [0.15, 0.2) is 42.0 Å². The Balaban J connectivity index is 2.27. The van der Waals surface area contributed by atoms with E-state index in [1.54, 1.807) is 16.7 Å². The van der Waals surface area contributed by atoms with Gasteiger partial charge in [-0.15, -0.1) is 0 Å². The van der Waals surface area contributed by atoms with Crippen molar-refractivity contribution in [2.24, 2.45) is 11.3 Å². The van der Waals surface area contributed by atoms with Gasteiger partial charge < -0.3 is 25.2 Å². The van der Waals surface area contributed by atoms with Crippen LogP contribution < -0.4 is 10.6 Å². The van der Waals surface area contributed by atoms with Crippen LogP contribution in [0.25, 0.3) is 0 Å². The minimum atomic E-state index is -0.553. The number of likely N-dealkylation sites (tertiary alicyclic amines) is 1. The van der Waals surface area contributed by atoms with Crippen LogP contribution in [0.2, 0.25) is 0 Å². The van der Waals surface area contributed by atoms with Gasteiger partial charge in [0.25, 0.3) is 0 Å². The number of likely N-dealkylation sites (N-methyl/N-ethyl adjacent to an activating group) is 2. The van der Waals surface area contributed by atoms with Gasteiger partial charge in [-0.3, -0.25) is 9.59 Å². The van der Waals surface area contributed by atoms with Crippen molar-refractivity contribution in [2.75, 3.05) is 34.3 Å². The number of rotatable bonds is 12. The normalized spacial score (nSPS) is 18.7. The van der Waals surface area contributed by atoms with E-state index in [-0.39, 0.29) is 46.6 Å². The lowest BCUT2D eigenvalue weighted by Gasteiger charge is -2.40. The molecule has 0 aromatic heterocycles. The molecule has 0 radical (unpaired) electrons. The molecule has 0 spiro atoms. The summed E-state index contributed by atoms with van der Waals surface area (Å²) in [6.07, 6.45) is 3.25. The van der Waals surface area contributed by atoms with Gasteiger partial charge in [0.05, 0.1) is 19.2 Å². The zero-order valence-electron chi connectivity index (χ0n) is 27.2. The molecular formula is C33H54N4O4. The molecule has 8 nitrogen and oxygen atoms in total. The average Bonchev–Trinajstić information content (AvgIpc) is 3.42. The Bertz CT molecular complexity index is 1060. The van der Waals surface area contributed by atoms with E-state index in [9.17, 15) is 14.4 Å². The summed E-state index contributed by atoms with van der Waals surface area (Å²) in [6.45, 7) is 17.6. The maximum Gasteiger partial charge on any atom is 0.328 e. The van der Waals surface area contributed by atoms with Gasteiger partial charge in [0.2, 0.25) is 11.8 Å². The fourth-order valence-electron chi connectivity index (χ4n) is 5.83. The number of methoxy groups -OCH3 is 1. The van der Waals surface area contributed by atoms with Gasteiger partial charge in [-0.2, -0.15) is 0 Å². The van der Waals surface area contributed by atoms with E-state index in [0.717, 1.165) is 6.42 Å². The van der Waals surface area contributed by atoms with E-state index in [1.165, 1.54) is 12.7 Å². The van der Waals surface area contributed by atoms with E-state index in [0.29, 0.717) is 25.1 Å². The number of carbonyl (C=O) groups is 3. The highest BCUT2D eigenvalue weighted by atomic mass is 16.5. The highest BCUT2D eigenvalue weighted by Crippen LogP contribution is 2.29. The van der Waals surface area contributed by atoms with Gasteiger partial charge in [-0.05, 0) is 43.7 Å². The molecule has 1 aliphatic rings. The van der Waals surface area contributed by atoms with Crippen LogP contribution in [0.5, 0.6) is 0 Å². The van der Waals surface area contributed by atoms with Crippen LogP contribution in [-0.4, -0.2) is 86.0 Å².